The third kappa shape index (κ3) is 6.32. The Hall–Kier alpha value is -3.93. The highest BCUT2D eigenvalue weighted by atomic mass is 79.9. The van der Waals surface area contributed by atoms with E-state index in [1.807, 2.05) is 0 Å². The monoisotopic (exact) mass is 532 g/mol. The second-order valence-corrected chi connectivity index (χ2v) is 8.08. The van der Waals surface area contributed by atoms with E-state index in [-0.39, 0.29) is 18.5 Å². The Morgan fingerprint density at radius 1 is 1.03 bits per heavy atom. The molecule has 1 aliphatic heterocycles. The molecule has 1 atom stereocenters. The number of rotatable bonds is 7. The number of hydrogen-bond donors (Lipinski definition) is 3. The number of nitrogens with zero attached hydrogens (tertiary/aromatic N) is 1. The van der Waals surface area contributed by atoms with Gasteiger partial charge >= 0.3 is 5.97 Å². The summed E-state index contributed by atoms with van der Waals surface area (Å²) in [5.74, 6) is -3.66. The smallest absolute Gasteiger partial charge is 0.311 e. The Morgan fingerprint density at radius 3 is 2.44 bits per heavy atom. The summed E-state index contributed by atoms with van der Waals surface area (Å²) in [6.07, 6.45) is -0.188. The van der Waals surface area contributed by atoms with Gasteiger partial charge in [-0.25, -0.2) is 0 Å². The Morgan fingerprint density at radius 2 is 1.74 bits per heavy atom. The lowest BCUT2D eigenvalue weighted by molar-refractivity contribution is -0.152. The van der Waals surface area contributed by atoms with Crippen LogP contribution < -0.4 is 21.0 Å². The number of para-hydroxylation sites is 1. The minimum Gasteiger partial charge on any atom is -0.496 e. The van der Waals surface area contributed by atoms with Crippen LogP contribution in [0.3, 0.4) is 0 Å². The van der Waals surface area contributed by atoms with Crippen molar-refractivity contribution in [2.75, 3.05) is 20.3 Å². The molecule has 12 heteroatoms. The van der Waals surface area contributed by atoms with E-state index in [0.29, 0.717) is 11.3 Å². The number of carbonyl (C=O) groups excluding carboxylic acids is 5. The molecule has 1 aliphatic rings. The van der Waals surface area contributed by atoms with E-state index >= 15 is 0 Å². The number of benzene rings is 2. The van der Waals surface area contributed by atoms with Crippen LogP contribution in [0.2, 0.25) is 0 Å². The first-order valence-corrected chi connectivity index (χ1v) is 10.8. The molecule has 1 fully saturated rings. The second-order valence-electron chi connectivity index (χ2n) is 7.16. The maximum atomic E-state index is 12.5. The van der Waals surface area contributed by atoms with Crippen molar-refractivity contribution in [3.05, 3.63) is 64.1 Å². The summed E-state index contributed by atoms with van der Waals surface area (Å²) in [7, 11) is 1.42. The minimum absolute atomic E-state index is 0.111. The van der Waals surface area contributed by atoms with Crippen LogP contribution in [0.4, 0.5) is 0 Å². The van der Waals surface area contributed by atoms with Gasteiger partial charge in [0.25, 0.3) is 17.7 Å². The largest absolute Gasteiger partial charge is 0.496 e. The van der Waals surface area contributed by atoms with Crippen LogP contribution in [-0.2, 0) is 19.1 Å². The molecule has 178 valence electrons. The zero-order chi connectivity index (χ0) is 24.7. The van der Waals surface area contributed by atoms with Crippen LogP contribution in [0.1, 0.15) is 27.1 Å². The number of esters is 1. The number of amides is 4. The van der Waals surface area contributed by atoms with E-state index in [1.165, 1.54) is 13.2 Å². The van der Waals surface area contributed by atoms with Gasteiger partial charge in [-0.3, -0.25) is 45.3 Å². The molecule has 0 unspecified atom stereocenters. The second kappa shape index (κ2) is 11.3. The zero-order valence-electron chi connectivity index (χ0n) is 18.0. The lowest BCUT2D eigenvalue weighted by Gasteiger charge is -2.18. The number of ether oxygens (including phenoxy) is 2. The number of halogens is 1. The summed E-state index contributed by atoms with van der Waals surface area (Å²) in [4.78, 5) is 60.8. The lowest BCUT2D eigenvalue weighted by Crippen LogP contribution is -2.44. The van der Waals surface area contributed by atoms with Crippen molar-refractivity contribution in [2.45, 2.75) is 6.42 Å². The molecule has 3 N–H and O–H groups in total. The van der Waals surface area contributed by atoms with Gasteiger partial charge in [-0.2, -0.15) is 0 Å². The molecule has 34 heavy (non-hydrogen) atoms. The molecular weight excluding hydrogens is 512 g/mol. The van der Waals surface area contributed by atoms with Crippen molar-refractivity contribution < 1.29 is 33.4 Å². The van der Waals surface area contributed by atoms with Crippen molar-refractivity contribution in [3.8, 4) is 5.75 Å². The molecule has 0 aromatic heterocycles. The molecule has 2 aromatic carbocycles. The van der Waals surface area contributed by atoms with Crippen LogP contribution in [0.25, 0.3) is 0 Å². The summed E-state index contributed by atoms with van der Waals surface area (Å²) >= 11 is 3.25. The predicted octanol–water partition coefficient (Wildman–Crippen LogP) is 0.955. The molecule has 0 spiro atoms. The highest BCUT2D eigenvalue weighted by Gasteiger charge is 2.37. The molecule has 0 radical (unpaired) electrons. The summed E-state index contributed by atoms with van der Waals surface area (Å²) < 4.78 is 10.9. The molecule has 0 aliphatic carbocycles. The van der Waals surface area contributed by atoms with E-state index < -0.39 is 42.1 Å². The molecular formula is C22H21BrN4O7. The average Bonchev–Trinajstić information content (AvgIpc) is 3.21. The standard InChI is InChI=1S/C22H21BrN4O7/c1-33-17-5-3-2-4-16(17)21(31)26-27-11-14(10-19(27)29)22(32)34-12-18(28)24-25-20(30)13-6-8-15(23)9-7-13/h2-9,14H,10-12H2,1H3,(H,24,28)(H,25,30)(H,26,31)/t14-/m0/s1. The highest BCUT2D eigenvalue weighted by Crippen LogP contribution is 2.20. The number of nitrogens with one attached hydrogen (secondary N) is 3. The van der Waals surface area contributed by atoms with Gasteiger partial charge in [-0.1, -0.05) is 28.1 Å². The summed E-state index contributed by atoms with van der Waals surface area (Å²) in [6, 6.07) is 12.9. The minimum atomic E-state index is -0.865. The predicted molar refractivity (Wildman–Crippen MR) is 121 cm³/mol. The van der Waals surface area contributed by atoms with Gasteiger partial charge in [0.1, 0.15) is 5.75 Å². The van der Waals surface area contributed by atoms with Crippen LogP contribution in [0.15, 0.2) is 53.0 Å². The van der Waals surface area contributed by atoms with Gasteiger partial charge < -0.3 is 9.47 Å². The summed E-state index contributed by atoms with van der Waals surface area (Å²) in [6.45, 7) is -0.766. The Kier molecular flexibility index (Phi) is 8.19. The average molecular weight is 533 g/mol. The fourth-order valence-corrected chi connectivity index (χ4v) is 3.34. The number of hydrogen-bond acceptors (Lipinski definition) is 7. The summed E-state index contributed by atoms with van der Waals surface area (Å²) in [5, 5.41) is 1.03. The quantitative estimate of drug-likeness (QED) is 0.355. The number of hydrazine groups is 2. The van der Waals surface area contributed by atoms with Gasteiger partial charge in [-0.15, -0.1) is 0 Å². The molecule has 11 nitrogen and oxygen atoms in total. The van der Waals surface area contributed by atoms with Gasteiger partial charge in [-0.05, 0) is 36.4 Å². The van der Waals surface area contributed by atoms with Crippen LogP contribution >= 0.6 is 15.9 Å². The molecule has 0 saturated carbocycles. The topological polar surface area (TPSA) is 143 Å². The lowest BCUT2D eigenvalue weighted by atomic mass is 10.1. The molecule has 4 amide bonds. The van der Waals surface area contributed by atoms with Gasteiger partial charge in [0.2, 0.25) is 5.91 Å². The molecule has 0 bridgehead atoms. The maximum absolute atomic E-state index is 12.5. The Balaban J connectivity index is 1.44. The van der Waals surface area contributed by atoms with Crippen LogP contribution in [0, 0.1) is 5.92 Å². The van der Waals surface area contributed by atoms with Crippen molar-refractivity contribution in [3.63, 3.8) is 0 Å². The zero-order valence-corrected chi connectivity index (χ0v) is 19.6. The first-order valence-electron chi connectivity index (χ1n) is 10.0. The van der Waals surface area contributed by atoms with Gasteiger partial charge in [0.05, 0.1) is 25.1 Å². The summed E-state index contributed by atoms with van der Waals surface area (Å²) in [5.41, 5.74) is 7.34. The van der Waals surface area contributed by atoms with Crippen LogP contribution in [0.5, 0.6) is 5.75 Å². The molecule has 2 aromatic rings. The van der Waals surface area contributed by atoms with Crippen molar-refractivity contribution in [2.24, 2.45) is 5.92 Å². The van der Waals surface area contributed by atoms with E-state index in [1.54, 1.807) is 42.5 Å². The van der Waals surface area contributed by atoms with E-state index in [9.17, 15) is 24.0 Å². The normalized spacial score (nSPS) is 14.8. The SMILES string of the molecule is COc1ccccc1C(=O)NN1C[C@@H](C(=O)OCC(=O)NNC(=O)c2ccc(Br)cc2)CC1=O. The Labute approximate surface area is 202 Å². The molecule has 1 heterocycles. The van der Waals surface area contributed by atoms with Crippen LogP contribution in [-0.4, -0.2) is 54.9 Å². The van der Waals surface area contributed by atoms with Gasteiger partial charge in [0.15, 0.2) is 6.61 Å². The van der Waals surface area contributed by atoms with E-state index in [2.05, 4.69) is 32.2 Å². The fourth-order valence-electron chi connectivity index (χ4n) is 3.08. The van der Waals surface area contributed by atoms with E-state index in [4.69, 9.17) is 9.47 Å². The maximum Gasteiger partial charge on any atom is 0.311 e. The van der Waals surface area contributed by atoms with Crippen molar-refractivity contribution >= 4 is 45.5 Å². The first kappa shape index (κ1) is 24.7. The number of methoxy groups -OCH3 is 1. The highest BCUT2D eigenvalue weighted by molar-refractivity contribution is 9.10. The van der Waals surface area contributed by atoms with Crippen molar-refractivity contribution in [1.29, 1.82) is 0 Å². The third-order valence-corrected chi connectivity index (χ3v) is 5.34. The third-order valence-electron chi connectivity index (χ3n) is 4.81. The number of carbonyl (C=O) groups is 5. The van der Waals surface area contributed by atoms with Crippen molar-refractivity contribution in [1.82, 2.24) is 21.3 Å². The first-order chi connectivity index (χ1) is 16.3. The fraction of sp³-hybridized carbons (Fsp3) is 0.227. The Bertz CT molecular complexity index is 1110. The van der Waals surface area contributed by atoms with Gasteiger partial charge in [0, 0.05) is 16.5 Å². The molecule has 1 saturated heterocycles. The van der Waals surface area contributed by atoms with E-state index in [0.717, 1.165) is 9.48 Å². The molecule has 3 rings (SSSR count).